The number of hydrogen-bond donors (Lipinski definition) is 2. The van der Waals surface area contributed by atoms with Crippen LogP contribution in [0.2, 0.25) is 0 Å². The van der Waals surface area contributed by atoms with E-state index >= 15 is 0 Å². The Balaban J connectivity index is 2.13. The van der Waals surface area contributed by atoms with E-state index in [1.54, 1.807) is 6.92 Å². The molecule has 0 aromatic heterocycles. The molecule has 0 aromatic carbocycles. The van der Waals surface area contributed by atoms with Crippen molar-refractivity contribution in [3.63, 3.8) is 0 Å². The zero-order valence-electron chi connectivity index (χ0n) is 10.8. The highest BCUT2D eigenvalue weighted by Gasteiger charge is 2.61. The van der Waals surface area contributed by atoms with Crippen molar-refractivity contribution in [3.05, 3.63) is 0 Å². The van der Waals surface area contributed by atoms with Crippen LogP contribution in [-0.4, -0.2) is 18.0 Å². The Morgan fingerprint density at radius 2 is 2.06 bits per heavy atom. The third-order valence-corrected chi connectivity index (χ3v) is 5.52. The number of amides is 1. The van der Waals surface area contributed by atoms with Crippen LogP contribution >= 0.6 is 0 Å². The molecule has 92 valence electrons. The molecule has 16 heavy (non-hydrogen) atoms. The van der Waals surface area contributed by atoms with Crippen LogP contribution in [0.3, 0.4) is 0 Å². The van der Waals surface area contributed by atoms with Gasteiger partial charge < -0.3 is 11.1 Å². The smallest absolute Gasteiger partial charge is 0.236 e. The van der Waals surface area contributed by atoms with Crippen molar-refractivity contribution in [1.82, 2.24) is 5.32 Å². The number of nitrogens with two attached hydrogens (primary N) is 1. The van der Waals surface area contributed by atoms with E-state index in [0.29, 0.717) is 11.5 Å². The van der Waals surface area contributed by atoms with Crippen molar-refractivity contribution in [1.29, 1.82) is 0 Å². The lowest BCUT2D eigenvalue weighted by molar-refractivity contribution is -0.123. The van der Waals surface area contributed by atoms with Crippen molar-refractivity contribution in [3.8, 4) is 0 Å². The van der Waals surface area contributed by atoms with Crippen LogP contribution in [0.4, 0.5) is 0 Å². The highest BCUT2D eigenvalue weighted by atomic mass is 16.2. The molecule has 2 aliphatic carbocycles. The minimum Gasteiger partial charge on any atom is -0.351 e. The SMILES string of the molecule is C[C@@H](N)C(=O)NC1CC2CCC1(C)C2(C)C. The van der Waals surface area contributed by atoms with E-state index in [9.17, 15) is 4.79 Å². The molecule has 2 saturated carbocycles. The van der Waals surface area contributed by atoms with Gasteiger partial charge in [0.1, 0.15) is 0 Å². The van der Waals surface area contributed by atoms with Gasteiger partial charge in [0.05, 0.1) is 6.04 Å². The zero-order chi connectivity index (χ0) is 12.1. The average molecular weight is 224 g/mol. The lowest BCUT2D eigenvalue weighted by Crippen LogP contribution is -2.50. The first-order valence-corrected chi connectivity index (χ1v) is 6.35. The normalized spacial score (nSPS) is 42.1. The van der Waals surface area contributed by atoms with Crippen molar-refractivity contribution >= 4 is 5.91 Å². The first-order chi connectivity index (χ1) is 7.29. The number of rotatable bonds is 2. The minimum absolute atomic E-state index is 0.00502. The van der Waals surface area contributed by atoms with Gasteiger partial charge in [-0.25, -0.2) is 0 Å². The van der Waals surface area contributed by atoms with Gasteiger partial charge in [0, 0.05) is 6.04 Å². The zero-order valence-corrected chi connectivity index (χ0v) is 10.8. The molecule has 2 fully saturated rings. The van der Waals surface area contributed by atoms with E-state index in [-0.39, 0.29) is 11.3 Å². The second kappa shape index (κ2) is 3.46. The van der Waals surface area contributed by atoms with Crippen LogP contribution in [0.1, 0.15) is 47.0 Å². The van der Waals surface area contributed by atoms with Gasteiger partial charge in [-0.05, 0) is 42.9 Å². The molecule has 0 radical (unpaired) electrons. The molecule has 0 spiro atoms. The van der Waals surface area contributed by atoms with Crippen molar-refractivity contribution < 1.29 is 4.79 Å². The molecule has 3 heteroatoms. The van der Waals surface area contributed by atoms with Gasteiger partial charge in [-0.3, -0.25) is 4.79 Å². The molecular weight excluding hydrogens is 200 g/mol. The maximum absolute atomic E-state index is 11.7. The quantitative estimate of drug-likeness (QED) is 0.749. The molecule has 0 saturated heterocycles. The molecule has 1 amide bonds. The monoisotopic (exact) mass is 224 g/mol. The highest BCUT2D eigenvalue weighted by Crippen LogP contribution is 2.65. The summed E-state index contributed by atoms with van der Waals surface area (Å²) in [7, 11) is 0. The van der Waals surface area contributed by atoms with Crippen LogP contribution in [0.15, 0.2) is 0 Å². The first kappa shape index (κ1) is 11.9. The fourth-order valence-electron chi connectivity index (χ4n) is 3.73. The topological polar surface area (TPSA) is 55.1 Å². The molecule has 4 atom stereocenters. The third kappa shape index (κ3) is 1.41. The molecule has 3 nitrogen and oxygen atoms in total. The lowest BCUT2D eigenvalue weighted by Gasteiger charge is -2.39. The van der Waals surface area contributed by atoms with Gasteiger partial charge in [-0.2, -0.15) is 0 Å². The number of carbonyl (C=O) groups excluding carboxylic acids is 1. The Morgan fingerprint density at radius 3 is 2.44 bits per heavy atom. The Kier molecular flexibility index (Phi) is 2.57. The Labute approximate surface area is 98.2 Å². The second-order valence-electron chi connectivity index (χ2n) is 6.46. The number of nitrogens with one attached hydrogen (secondary N) is 1. The van der Waals surface area contributed by atoms with Crippen LogP contribution in [0.25, 0.3) is 0 Å². The minimum atomic E-state index is -0.397. The van der Waals surface area contributed by atoms with Crippen molar-refractivity contribution in [2.24, 2.45) is 22.5 Å². The van der Waals surface area contributed by atoms with E-state index < -0.39 is 6.04 Å². The van der Waals surface area contributed by atoms with Crippen molar-refractivity contribution in [2.75, 3.05) is 0 Å². The molecule has 2 bridgehead atoms. The van der Waals surface area contributed by atoms with Gasteiger partial charge in [0.25, 0.3) is 0 Å². The van der Waals surface area contributed by atoms with Gasteiger partial charge in [0.15, 0.2) is 0 Å². The summed E-state index contributed by atoms with van der Waals surface area (Å²) < 4.78 is 0. The summed E-state index contributed by atoms with van der Waals surface area (Å²) in [6, 6.07) is -0.0782. The standard InChI is InChI=1S/C13H24N2O/c1-8(14)11(16)15-10-7-9-5-6-13(10,4)12(9,2)3/h8-10H,5-7,14H2,1-4H3,(H,15,16)/t8-,9?,10?,13?/m1/s1. The predicted molar refractivity (Wildman–Crippen MR) is 64.8 cm³/mol. The Bertz CT molecular complexity index is 311. The summed E-state index contributed by atoms with van der Waals surface area (Å²) in [6.45, 7) is 8.77. The molecule has 0 heterocycles. The fraction of sp³-hybridized carbons (Fsp3) is 0.923. The van der Waals surface area contributed by atoms with Gasteiger partial charge >= 0.3 is 0 Å². The number of carbonyl (C=O) groups is 1. The molecule has 2 rings (SSSR count). The third-order valence-electron chi connectivity index (χ3n) is 5.52. The van der Waals surface area contributed by atoms with Crippen LogP contribution in [0.5, 0.6) is 0 Å². The van der Waals surface area contributed by atoms with Crippen molar-refractivity contribution in [2.45, 2.75) is 59.0 Å². The van der Waals surface area contributed by atoms with E-state index in [1.165, 1.54) is 12.8 Å². The van der Waals surface area contributed by atoms with Gasteiger partial charge in [-0.15, -0.1) is 0 Å². The first-order valence-electron chi connectivity index (χ1n) is 6.35. The second-order valence-corrected chi connectivity index (χ2v) is 6.46. The van der Waals surface area contributed by atoms with E-state index in [1.807, 2.05) is 0 Å². The average Bonchev–Trinajstić information content (AvgIpc) is 2.50. The maximum atomic E-state index is 11.7. The van der Waals surface area contributed by atoms with E-state index in [2.05, 4.69) is 26.1 Å². The maximum Gasteiger partial charge on any atom is 0.236 e. The summed E-state index contributed by atoms with van der Waals surface area (Å²) in [5.74, 6) is 0.755. The Morgan fingerprint density at radius 1 is 1.44 bits per heavy atom. The molecule has 3 N–H and O–H groups in total. The summed E-state index contributed by atoms with van der Waals surface area (Å²) in [6.07, 6.45) is 3.67. The predicted octanol–water partition coefficient (Wildman–Crippen LogP) is 1.66. The van der Waals surface area contributed by atoms with E-state index in [0.717, 1.165) is 12.3 Å². The summed E-state index contributed by atoms with van der Waals surface area (Å²) in [5.41, 5.74) is 6.21. The van der Waals surface area contributed by atoms with Crippen LogP contribution in [-0.2, 0) is 4.79 Å². The van der Waals surface area contributed by atoms with Crippen LogP contribution < -0.4 is 11.1 Å². The highest BCUT2D eigenvalue weighted by molar-refractivity contribution is 5.81. The molecule has 2 aliphatic rings. The van der Waals surface area contributed by atoms with Gasteiger partial charge in [-0.1, -0.05) is 20.8 Å². The van der Waals surface area contributed by atoms with Gasteiger partial charge in [0.2, 0.25) is 5.91 Å². The van der Waals surface area contributed by atoms with E-state index in [4.69, 9.17) is 5.73 Å². The lowest BCUT2D eigenvalue weighted by atomic mass is 9.69. The molecular formula is C13H24N2O. The molecule has 3 unspecified atom stereocenters. The number of fused-ring (bicyclic) bond motifs is 2. The summed E-state index contributed by atoms with van der Waals surface area (Å²) in [5, 5.41) is 3.14. The molecule has 0 aliphatic heterocycles. The molecule has 0 aromatic rings. The fourth-order valence-corrected chi connectivity index (χ4v) is 3.73. The summed E-state index contributed by atoms with van der Waals surface area (Å²) in [4.78, 5) is 11.7. The largest absolute Gasteiger partial charge is 0.351 e. The number of hydrogen-bond acceptors (Lipinski definition) is 2. The summed E-state index contributed by atoms with van der Waals surface area (Å²) >= 11 is 0. The van der Waals surface area contributed by atoms with Crippen LogP contribution in [0, 0.1) is 16.7 Å². The Hall–Kier alpha value is -0.570.